The van der Waals surface area contributed by atoms with Crippen LogP contribution in [-0.2, 0) is 0 Å². The molecule has 3 N–H and O–H groups in total. The maximum absolute atomic E-state index is 12.0. The van der Waals surface area contributed by atoms with E-state index in [1.54, 1.807) is 27.0 Å². The smallest absolute Gasteiger partial charge is 0.254 e. The Morgan fingerprint density at radius 2 is 2.25 bits per heavy atom. The van der Waals surface area contributed by atoms with Gasteiger partial charge in [0.15, 0.2) is 0 Å². The molecule has 0 radical (unpaired) electrons. The second-order valence-corrected chi connectivity index (χ2v) is 3.87. The molecule has 1 aromatic rings. The van der Waals surface area contributed by atoms with Crippen molar-refractivity contribution in [2.24, 2.45) is 0 Å². The van der Waals surface area contributed by atoms with E-state index in [-0.39, 0.29) is 18.6 Å². The van der Waals surface area contributed by atoms with Crippen LogP contribution in [0, 0.1) is 6.92 Å². The Bertz CT molecular complexity index is 373. The average Bonchev–Trinajstić information content (AvgIpc) is 2.24. The van der Waals surface area contributed by atoms with Crippen LogP contribution < -0.4 is 5.73 Å². The van der Waals surface area contributed by atoms with Crippen LogP contribution in [0.4, 0.5) is 5.82 Å². The predicted molar refractivity (Wildman–Crippen MR) is 62.0 cm³/mol. The first-order valence-electron chi connectivity index (χ1n) is 5.08. The molecular weight excluding hydrogens is 206 g/mol. The Kier molecular flexibility index (Phi) is 3.84. The number of carbonyl (C=O) groups excluding carboxylic acids is 1. The maximum atomic E-state index is 12.0. The summed E-state index contributed by atoms with van der Waals surface area (Å²) in [7, 11) is 1.65. The highest BCUT2D eigenvalue weighted by molar-refractivity contribution is 5.95. The molecule has 5 nitrogen and oxygen atoms in total. The van der Waals surface area contributed by atoms with E-state index in [0.717, 1.165) is 0 Å². The number of nitrogens with two attached hydrogens (primary N) is 1. The van der Waals surface area contributed by atoms with Gasteiger partial charge in [-0.25, -0.2) is 4.98 Å². The molecule has 0 spiro atoms. The minimum Gasteiger partial charge on any atom is -0.394 e. The number of aliphatic hydroxyl groups is 1. The van der Waals surface area contributed by atoms with Crippen molar-refractivity contribution in [1.29, 1.82) is 0 Å². The lowest BCUT2D eigenvalue weighted by Gasteiger charge is -2.23. The Balaban J connectivity index is 2.96. The van der Waals surface area contributed by atoms with Gasteiger partial charge in [0.05, 0.1) is 12.6 Å². The fourth-order valence-corrected chi connectivity index (χ4v) is 1.34. The van der Waals surface area contributed by atoms with Crippen LogP contribution in [0.2, 0.25) is 0 Å². The Morgan fingerprint density at radius 3 is 2.75 bits per heavy atom. The van der Waals surface area contributed by atoms with E-state index < -0.39 is 0 Å². The van der Waals surface area contributed by atoms with Crippen molar-refractivity contribution in [2.75, 3.05) is 19.4 Å². The van der Waals surface area contributed by atoms with Crippen molar-refractivity contribution in [3.8, 4) is 0 Å². The van der Waals surface area contributed by atoms with Crippen LogP contribution in [0.25, 0.3) is 0 Å². The van der Waals surface area contributed by atoms with E-state index in [1.807, 2.05) is 0 Å². The summed E-state index contributed by atoms with van der Waals surface area (Å²) in [6, 6.07) is 3.00. The number of nitrogen functional groups attached to an aromatic ring is 1. The molecule has 0 aromatic carbocycles. The van der Waals surface area contributed by atoms with Gasteiger partial charge in [-0.2, -0.15) is 0 Å². The van der Waals surface area contributed by atoms with Crippen molar-refractivity contribution in [3.05, 3.63) is 23.4 Å². The molecule has 0 aliphatic carbocycles. The Morgan fingerprint density at radius 1 is 1.62 bits per heavy atom. The van der Waals surface area contributed by atoms with E-state index in [9.17, 15) is 4.79 Å². The number of nitrogens with zero attached hydrogens (tertiary/aromatic N) is 2. The molecule has 0 fully saturated rings. The zero-order valence-electron chi connectivity index (χ0n) is 9.77. The van der Waals surface area contributed by atoms with Crippen LogP contribution in [0.3, 0.4) is 0 Å². The van der Waals surface area contributed by atoms with Gasteiger partial charge in [0.25, 0.3) is 5.91 Å². The van der Waals surface area contributed by atoms with E-state index in [1.165, 1.54) is 11.0 Å². The molecule has 0 saturated heterocycles. The molecule has 1 unspecified atom stereocenters. The molecule has 0 aliphatic rings. The van der Waals surface area contributed by atoms with Crippen molar-refractivity contribution in [3.63, 3.8) is 0 Å². The minimum atomic E-state index is -0.220. The lowest BCUT2D eigenvalue weighted by molar-refractivity contribution is 0.0682. The second kappa shape index (κ2) is 4.94. The summed E-state index contributed by atoms with van der Waals surface area (Å²) in [6.07, 6.45) is 0. The minimum absolute atomic E-state index is 0.0677. The summed E-state index contributed by atoms with van der Waals surface area (Å²) in [4.78, 5) is 17.5. The second-order valence-electron chi connectivity index (χ2n) is 3.87. The van der Waals surface area contributed by atoms with Gasteiger partial charge in [-0.15, -0.1) is 0 Å². The lowest BCUT2D eigenvalue weighted by atomic mass is 10.2. The largest absolute Gasteiger partial charge is 0.394 e. The van der Waals surface area contributed by atoms with E-state index in [0.29, 0.717) is 17.1 Å². The summed E-state index contributed by atoms with van der Waals surface area (Å²) < 4.78 is 0. The number of likely N-dealkylation sites (N-methyl/N-ethyl adjacent to an activating group) is 1. The highest BCUT2D eigenvalue weighted by atomic mass is 16.3. The molecule has 5 heteroatoms. The van der Waals surface area contributed by atoms with Gasteiger partial charge in [-0.3, -0.25) is 4.79 Å². The van der Waals surface area contributed by atoms with Crippen molar-refractivity contribution in [2.45, 2.75) is 19.9 Å². The number of pyridine rings is 1. The van der Waals surface area contributed by atoms with Gasteiger partial charge in [0, 0.05) is 18.3 Å². The van der Waals surface area contributed by atoms with Gasteiger partial charge in [-0.05, 0) is 26.0 Å². The van der Waals surface area contributed by atoms with Crippen LogP contribution in [0.1, 0.15) is 23.0 Å². The van der Waals surface area contributed by atoms with Crippen LogP contribution in [-0.4, -0.2) is 40.6 Å². The van der Waals surface area contributed by atoms with Crippen LogP contribution in [0.5, 0.6) is 0 Å². The van der Waals surface area contributed by atoms with Gasteiger partial charge >= 0.3 is 0 Å². The van der Waals surface area contributed by atoms with E-state index >= 15 is 0 Å². The quantitative estimate of drug-likeness (QED) is 0.778. The van der Waals surface area contributed by atoms with Gasteiger partial charge in [0.1, 0.15) is 5.82 Å². The molecule has 1 aromatic heterocycles. The Hall–Kier alpha value is -1.62. The number of hydrogen-bond acceptors (Lipinski definition) is 4. The fraction of sp³-hybridized carbons (Fsp3) is 0.455. The molecular formula is C11H17N3O2. The highest BCUT2D eigenvalue weighted by Crippen LogP contribution is 2.10. The number of aryl methyl sites for hydroxylation is 1. The lowest BCUT2D eigenvalue weighted by Crippen LogP contribution is -2.37. The number of amides is 1. The number of anilines is 1. The number of carbonyl (C=O) groups is 1. The zero-order valence-corrected chi connectivity index (χ0v) is 9.77. The number of hydrogen-bond donors (Lipinski definition) is 2. The maximum Gasteiger partial charge on any atom is 0.254 e. The van der Waals surface area contributed by atoms with Crippen molar-refractivity contribution >= 4 is 11.7 Å². The Labute approximate surface area is 94.9 Å². The summed E-state index contributed by atoms with van der Waals surface area (Å²) in [5, 5.41) is 8.98. The first-order chi connectivity index (χ1) is 7.45. The third-order valence-electron chi connectivity index (χ3n) is 2.47. The van der Waals surface area contributed by atoms with Crippen molar-refractivity contribution in [1.82, 2.24) is 9.88 Å². The van der Waals surface area contributed by atoms with E-state index in [2.05, 4.69) is 4.98 Å². The molecule has 0 saturated carbocycles. The van der Waals surface area contributed by atoms with Gasteiger partial charge < -0.3 is 15.7 Å². The molecule has 0 aliphatic heterocycles. The van der Waals surface area contributed by atoms with E-state index in [4.69, 9.17) is 10.8 Å². The average molecular weight is 223 g/mol. The van der Waals surface area contributed by atoms with Crippen LogP contribution in [0.15, 0.2) is 12.1 Å². The monoisotopic (exact) mass is 223 g/mol. The molecule has 1 amide bonds. The topological polar surface area (TPSA) is 79.5 Å². The first kappa shape index (κ1) is 12.4. The predicted octanol–water partition coefficient (Wildman–Crippen LogP) is 0.425. The van der Waals surface area contributed by atoms with Crippen LogP contribution >= 0.6 is 0 Å². The van der Waals surface area contributed by atoms with Gasteiger partial charge in [0.2, 0.25) is 0 Å². The summed E-state index contributed by atoms with van der Waals surface area (Å²) in [6.45, 7) is 3.49. The first-order valence-corrected chi connectivity index (χ1v) is 5.08. The number of rotatable bonds is 3. The third-order valence-corrected chi connectivity index (χ3v) is 2.47. The summed E-state index contributed by atoms with van der Waals surface area (Å²) in [5.74, 6) is 0.159. The third kappa shape index (κ3) is 2.70. The molecule has 16 heavy (non-hydrogen) atoms. The van der Waals surface area contributed by atoms with Crippen molar-refractivity contribution < 1.29 is 9.90 Å². The summed E-state index contributed by atoms with van der Waals surface area (Å²) >= 11 is 0. The molecule has 88 valence electrons. The SMILES string of the molecule is Cc1cc(C(=O)N(C)C(C)CO)cc(N)n1. The highest BCUT2D eigenvalue weighted by Gasteiger charge is 2.17. The standard InChI is InChI=1S/C11H17N3O2/c1-7-4-9(5-10(12)13-7)11(16)14(3)8(2)6-15/h4-5,8,15H,6H2,1-3H3,(H2,12,13). The van der Waals surface area contributed by atoms with Gasteiger partial charge in [-0.1, -0.05) is 0 Å². The normalized spacial score (nSPS) is 12.2. The molecule has 0 bridgehead atoms. The summed E-state index contributed by atoms with van der Waals surface area (Å²) in [5.41, 5.74) is 6.77. The molecule has 1 rings (SSSR count). The number of aromatic nitrogens is 1. The molecule has 1 heterocycles. The zero-order chi connectivity index (χ0) is 12.3. The molecule has 1 atom stereocenters. The number of aliphatic hydroxyl groups excluding tert-OH is 1. The fourth-order valence-electron chi connectivity index (χ4n) is 1.34.